The van der Waals surface area contributed by atoms with Gasteiger partial charge in [-0.1, -0.05) is 29.3 Å². The molecule has 1 atom stereocenters. The van der Waals surface area contributed by atoms with Gasteiger partial charge in [-0.15, -0.1) is 0 Å². The molecular formula is C11H11Cl2NO5S. The molecule has 1 aromatic carbocycles. The number of benzene rings is 1. The molecule has 0 bridgehead atoms. The summed E-state index contributed by atoms with van der Waals surface area (Å²) in [5.41, 5.74) is 0.410. The number of hydrogen-bond acceptors (Lipinski definition) is 5. The van der Waals surface area contributed by atoms with Crippen molar-refractivity contribution in [2.45, 2.75) is 13.2 Å². The van der Waals surface area contributed by atoms with Gasteiger partial charge in [0.15, 0.2) is 11.5 Å². The van der Waals surface area contributed by atoms with Gasteiger partial charge in [0.2, 0.25) is 6.29 Å². The van der Waals surface area contributed by atoms with Gasteiger partial charge < -0.3 is 9.47 Å². The molecule has 0 spiro atoms. The highest BCUT2D eigenvalue weighted by atomic mass is 35.5. The molecule has 1 aliphatic rings. The molecule has 0 amide bonds. The van der Waals surface area contributed by atoms with Crippen molar-refractivity contribution < 1.29 is 22.1 Å². The van der Waals surface area contributed by atoms with Crippen LogP contribution in [-0.4, -0.2) is 21.3 Å². The molecule has 1 unspecified atom stereocenters. The zero-order valence-electron chi connectivity index (χ0n) is 10.3. The third-order valence-electron chi connectivity index (χ3n) is 2.39. The maximum atomic E-state index is 10.8. The molecular weight excluding hydrogens is 329 g/mol. The number of halogens is 2. The highest BCUT2D eigenvalue weighted by Gasteiger charge is 2.29. The number of hydrogen-bond donors (Lipinski definition) is 1. The van der Waals surface area contributed by atoms with E-state index < -0.39 is 23.2 Å². The van der Waals surface area contributed by atoms with Gasteiger partial charge in [-0.2, -0.15) is 8.42 Å². The molecule has 1 heterocycles. The predicted octanol–water partition coefficient (Wildman–Crippen LogP) is 2.27. The Labute approximate surface area is 126 Å². The van der Waals surface area contributed by atoms with Crippen molar-refractivity contribution in [2.24, 2.45) is 5.14 Å². The second-order valence-corrected chi connectivity index (χ2v) is 5.94. The Kier molecular flexibility index (Phi) is 4.46. The summed E-state index contributed by atoms with van der Waals surface area (Å²) in [5, 5.41) is 5.46. The summed E-state index contributed by atoms with van der Waals surface area (Å²) in [6, 6.07) is 4.93. The van der Waals surface area contributed by atoms with Crippen LogP contribution in [0.4, 0.5) is 0 Å². The first-order chi connectivity index (χ1) is 9.28. The SMILES string of the molecule is CC1OC(COS(N)(=O)=O)=C(c2c(Cl)cccc2Cl)O1. The van der Waals surface area contributed by atoms with E-state index in [-0.39, 0.29) is 11.5 Å². The van der Waals surface area contributed by atoms with Crippen LogP contribution in [0, 0.1) is 0 Å². The summed E-state index contributed by atoms with van der Waals surface area (Å²) in [4.78, 5) is 0. The maximum absolute atomic E-state index is 10.8. The molecule has 0 fully saturated rings. The molecule has 2 N–H and O–H groups in total. The summed E-state index contributed by atoms with van der Waals surface area (Å²) in [7, 11) is -4.09. The molecule has 1 aromatic rings. The van der Waals surface area contributed by atoms with Crippen LogP contribution in [0.5, 0.6) is 0 Å². The molecule has 0 saturated heterocycles. The second kappa shape index (κ2) is 5.79. The van der Waals surface area contributed by atoms with E-state index in [4.69, 9.17) is 37.8 Å². The topological polar surface area (TPSA) is 87.9 Å². The van der Waals surface area contributed by atoms with Crippen molar-refractivity contribution in [3.63, 3.8) is 0 Å². The van der Waals surface area contributed by atoms with Gasteiger partial charge in [0.05, 0.1) is 15.6 Å². The van der Waals surface area contributed by atoms with E-state index in [2.05, 4.69) is 4.18 Å². The summed E-state index contributed by atoms with van der Waals surface area (Å²) < 4.78 is 36.9. The lowest BCUT2D eigenvalue weighted by Gasteiger charge is -2.08. The zero-order chi connectivity index (χ0) is 14.9. The Morgan fingerprint density at radius 1 is 1.30 bits per heavy atom. The first-order valence-electron chi connectivity index (χ1n) is 5.46. The van der Waals surface area contributed by atoms with Crippen molar-refractivity contribution in [2.75, 3.05) is 6.61 Å². The summed E-state index contributed by atoms with van der Waals surface area (Å²) in [6.45, 7) is 1.23. The number of nitrogens with two attached hydrogens (primary N) is 1. The smallest absolute Gasteiger partial charge is 0.333 e. The largest absolute Gasteiger partial charge is 0.453 e. The molecule has 1 aliphatic heterocycles. The van der Waals surface area contributed by atoms with Gasteiger partial charge in [0, 0.05) is 6.92 Å². The summed E-state index contributed by atoms with van der Waals surface area (Å²) >= 11 is 12.1. The van der Waals surface area contributed by atoms with Gasteiger partial charge in [0.1, 0.15) is 6.61 Å². The average molecular weight is 340 g/mol. The van der Waals surface area contributed by atoms with Crippen LogP contribution in [-0.2, 0) is 24.0 Å². The van der Waals surface area contributed by atoms with Crippen LogP contribution >= 0.6 is 23.2 Å². The standard InChI is InChI=1S/C11H11Cl2NO5S/c1-6-18-9(5-17-20(14,15)16)11(19-6)10-7(12)3-2-4-8(10)13/h2-4,6H,5H2,1H3,(H2,14,15,16). The molecule has 0 aromatic heterocycles. The van der Waals surface area contributed by atoms with Gasteiger partial charge in [-0.3, -0.25) is 0 Å². The first kappa shape index (κ1) is 15.4. The van der Waals surface area contributed by atoms with Crippen LogP contribution < -0.4 is 5.14 Å². The molecule has 0 aliphatic carbocycles. The van der Waals surface area contributed by atoms with E-state index >= 15 is 0 Å². The number of ether oxygens (including phenoxy) is 2. The lowest BCUT2D eigenvalue weighted by molar-refractivity contribution is -0.0141. The monoisotopic (exact) mass is 339 g/mol. The first-order valence-corrected chi connectivity index (χ1v) is 7.68. The lowest BCUT2D eigenvalue weighted by Crippen LogP contribution is -2.18. The van der Waals surface area contributed by atoms with Gasteiger partial charge in [-0.05, 0) is 12.1 Å². The molecule has 6 nitrogen and oxygen atoms in total. The fourth-order valence-electron chi connectivity index (χ4n) is 1.66. The number of rotatable bonds is 4. The molecule has 110 valence electrons. The Balaban J connectivity index is 2.39. The third-order valence-corrected chi connectivity index (χ3v) is 3.47. The highest BCUT2D eigenvalue weighted by molar-refractivity contribution is 7.84. The minimum atomic E-state index is -4.09. The van der Waals surface area contributed by atoms with Crippen molar-refractivity contribution in [3.8, 4) is 0 Å². The maximum Gasteiger partial charge on any atom is 0.333 e. The Morgan fingerprint density at radius 2 is 1.90 bits per heavy atom. The van der Waals surface area contributed by atoms with Crippen LogP contribution in [0.1, 0.15) is 12.5 Å². The zero-order valence-corrected chi connectivity index (χ0v) is 12.6. The quantitative estimate of drug-likeness (QED) is 0.908. The third kappa shape index (κ3) is 3.56. The van der Waals surface area contributed by atoms with Crippen LogP contribution in [0.3, 0.4) is 0 Å². The fourth-order valence-corrected chi connectivity index (χ4v) is 2.50. The van der Waals surface area contributed by atoms with E-state index in [0.717, 1.165) is 0 Å². The van der Waals surface area contributed by atoms with E-state index in [1.54, 1.807) is 25.1 Å². The minimum absolute atomic E-state index is 0.154. The molecule has 20 heavy (non-hydrogen) atoms. The van der Waals surface area contributed by atoms with Gasteiger partial charge >= 0.3 is 10.3 Å². The van der Waals surface area contributed by atoms with Crippen LogP contribution in [0.25, 0.3) is 5.76 Å². The highest BCUT2D eigenvalue weighted by Crippen LogP contribution is 2.38. The average Bonchev–Trinajstić information content (AvgIpc) is 2.67. The molecule has 0 saturated carbocycles. The van der Waals surface area contributed by atoms with E-state index in [0.29, 0.717) is 15.6 Å². The summed E-state index contributed by atoms with van der Waals surface area (Å²) in [6.07, 6.45) is -0.614. The fraction of sp³-hybridized carbons (Fsp3) is 0.273. The summed E-state index contributed by atoms with van der Waals surface area (Å²) in [5.74, 6) is 0.387. The van der Waals surface area contributed by atoms with E-state index in [9.17, 15) is 8.42 Å². The second-order valence-electron chi connectivity index (χ2n) is 3.91. The molecule has 9 heteroatoms. The van der Waals surface area contributed by atoms with Crippen LogP contribution in [0.15, 0.2) is 24.0 Å². The van der Waals surface area contributed by atoms with E-state index in [1.807, 2.05) is 0 Å². The van der Waals surface area contributed by atoms with Gasteiger partial charge in [0.25, 0.3) is 0 Å². The lowest BCUT2D eigenvalue weighted by atomic mass is 10.1. The molecule has 0 radical (unpaired) electrons. The normalized spacial score (nSPS) is 18.9. The molecule has 2 rings (SSSR count). The van der Waals surface area contributed by atoms with E-state index in [1.165, 1.54) is 0 Å². The van der Waals surface area contributed by atoms with Gasteiger partial charge in [-0.25, -0.2) is 9.32 Å². The van der Waals surface area contributed by atoms with Crippen molar-refractivity contribution in [1.29, 1.82) is 0 Å². The Hall–Kier alpha value is -0.990. The van der Waals surface area contributed by atoms with Crippen molar-refractivity contribution in [1.82, 2.24) is 0 Å². The Morgan fingerprint density at radius 3 is 2.45 bits per heavy atom. The minimum Gasteiger partial charge on any atom is -0.453 e. The van der Waals surface area contributed by atoms with Crippen molar-refractivity contribution >= 4 is 39.3 Å². The predicted molar refractivity (Wildman–Crippen MR) is 74.1 cm³/mol. The van der Waals surface area contributed by atoms with Crippen molar-refractivity contribution in [3.05, 3.63) is 39.6 Å². The Bertz CT molecular complexity index is 639. The van der Waals surface area contributed by atoms with Crippen LogP contribution in [0.2, 0.25) is 10.0 Å².